The number of nitrogens with zero attached hydrogens (tertiary/aromatic N) is 4. The zero-order valence-corrected chi connectivity index (χ0v) is 48.5. The number of pyridine rings is 2. The van der Waals surface area contributed by atoms with Gasteiger partial charge in [0.1, 0.15) is 61.5 Å². The molecule has 4 aromatic carbocycles. The third kappa shape index (κ3) is 16.3. The van der Waals surface area contributed by atoms with Crippen LogP contribution in [-0.2, 0) is 68.8 Å². The molecule has 6 N–H and O–H groups in total. The first-order valence-corrected chi connectivity index (χ1v) is 31.0. The Hall–Kier alpha value is -6.76. The van der Waals surface area contributed by atoms with E-state index >= 15 is 0 Å². The van der Waals surface area contributed by atoms with Gasteiger partial charge in [0, 0.05) is 99.3 Å². The lowest BCUT2D eigenvalue weighted by atomic mass is 9.92. The second kappa shape index (κ2) is 28.0. The first-order chi connectivity index (χ1) is 39.3. The van der Waals surface area contributed by atoms with Crippen molar-refractivity contribution < 1.29 is 65.8 Å². The number of carboxylic acid groups (broad SMARTS) is 2. The summed E-state index contributed by atoms with van der Waals surface area (Å²) in [4.78, 5) is 36.6. The highest BCUT2D eigenvalue weighted by Gasteiger charge is 2.26. The molecule has 6 aromatic rings. The van der Waals surface area contributed by atoms with Gasteiger partial charge in [-0.2, -0.15) is 0 Å². The zero-order chi connectivity index (χ0) is 58.6. The fraction of sp³-hybridized carbons (Fsp3) is 0.379. The Labute approximate surface area is 486 Å². The highest BCUT2D eigenvalue weighted by molar-refractivity contribution is 7.91. The number of carbonyl (C=O) groups is 2. The lowest BCUT2D eigenvalue weighted by Gasteiger charge is -2.28. The maximum atomic E-state index is 12.1. The van der Waals surface area contributed by atoms with Crippen molar-refractivity contribution in [3.63, 3.8) is 0 Å². The monoisotopic (exact) mass is 1200 g/mol. The minimum absolute atomic E-state index is 0.0173. The van der Waals surface area contributed by atoms with E-state index in [1.54, 1.807) is 49.1 Å². The number of nitrogens with one attached hydrogen (secondary N) is 2. The van der Waals surface area contributed by atoms with E-state index in [0.717, 1.165) is 44.8 Å². The van der Waals surface area contributed by atoms with Crippen LogP contribution in [0.5, 0.6) is 23.0 Å². The minimum Gasteiger partial charge on any atom is -0.488 e. The number of carboxylic acids is 2. The van der Waals surface area contributed by atoms with E-state index in [1.165, 1.54) is 0 Å². The fourth-order valence-corrected chi connectivity index (χ4v) is 12.4. The highest BCUT2D eigenvalue weighted by atomic mass is 35.5. The molecule has 0 amide bonds. The Kier molecular flexibility index (Phi) is 20.9. The van der Waals surface area contributed by atoms with Crippen LogP contribution >= 0.6 is 23.2 Å². The van der Waals surface area contributed by atoms with E-state index in [9.17, 15) is 46.9 Å². The molecule has 2 fully saturated rings. The summed E-state index contributed by atoms with van der Waals surface area (Å²) in [7, 11) is -6.18. The molecule has 4 heterocycles. The molecular formula is C58H66Cl2N6O14S2. The first kappa shape index (κ1) is 61.3. The predicted molar refractivity (Wildman–Crippen MR) is 312 cm³/mol. The van der Waals surface area contributed by atoms with E-state index in [4.69, 9.17) is 42.1 Å². The maximum absolute atomic E-state index is 12.1. The Balaban J connectivity index is 0.984. The van der Waals surface area contributed by atoms with Crippen LogP contribution in [0.25, 0.3) is 11.1 Å². The molecule has 24 heteroatoms. The van der Waals surface area contributed by atoms with E-state index in [0.29, 0.717) is 71.4 Å². The standard InChI is InChI=1S/C58H66Cl2N6O14S2/c1-37-41(35-79-55-25-53(43(23-49(55)59)29-63-51(9-15-67)57(69)70)77-33-39-21-45(31-61-27-39)65-11-17-81(73,74)18-12-65)5-3-7-47(37)48-8-4-6-42(38(48)2)36-80-56-26-54(44(24-50(56)60)30-64-52(10-16-68)58(71)72)78-34-40-22-46(32-62-28-40)66-13-19-82(75,76)20-14-66/h3-8,21-28,31-32,51-52,63-64,67-68H,9-20,29-30,33-36H2,1-2H3,(H,69,70)(H,71,72). The van der Waals surface area contributed by atoms with Gasteiger partial charge >= 0.3 is 11.9 Å². The normalized spacial score (nSPS) is 15.6. The molecule has 2 unspecified atom stereocenters. The van der Waals surface area contributed by atoms with Gasteiger partial charge in [-0.3, -0.25) is 19.6 Å². The Morgan fingerprint density at radius 1 is 0.549 bits per heavy atom. The van der Waals surface area contributed by atoms with Gasteiger partial charge in [0.05, 0.1) is 56.8 Å². The Morgan fingerprint density at radius 3 is 1.29 bits per heavy atom. The van der Waals surface area contributed by atoms with Crippen molar-refractivity contribution in [2.45, 2.75) is 78.3 Å². The molecule has 2 aliphatic rings. The van der Waals surface area contributed by atoms with Crippen molar-refractivity contribution in [1.82, 2.24) is 20.6 Å². The molecule has 0 radical (unpaired) electrons. The minimum atomic E-state index is -3.09. The number of aromatic nitrogens is 2. The van der Waals surface area contributed by atoms with Gasteiger partial charge in [0.2, 0.25) is 0 Å². The van der Waals surface area contributed by atoms with Crippen LogP contribution in [0.1, 0.15) is 57.3 Å². The Bertz CT molecular complexity index is 3230. The number of aliphatic hydroxyl groups is 2. The van der Waals surface area contributed by atoms with E-state index in [2.05, 4.69) is 20.6 Å². The van der Waals surface area contributed by atoms with Gasteiger partial charge in [-0.1, -0.05) is 59.6 Å². The van der Waals surface area contributed by atoms with Crippen molar-refractivity contribution in [3.8, 4) is 34.1 Å². The molecule has 82 heavy (non-hydrogen) atoms. The number of aliphatic carboxylic acids is 2. The highest BCUT2D eigenvalue weighted by Crippen LogP contribution is 2.38. The molecule has 0 saturated carbocycles. The molecule has 20 nitrogen and oxygen atoms in total. The fourth-order valence-electron chi connectivity index (χ4n) is 9.56. The largest absolute Gasteiger partial charge is 0.488 e. The molecular weight excluding hydrogens is 1140 g/mol. The van der Waals surface area contributed by atoms with Crippen molar-refractivity contribution in [1.29, 1.82) is 0 Å². The summed E-state index contributed by atoms with van der Waals surface area (Å²) < 4.78 is 73.9. The number of benzene rings is 4. The molecule has 0 aliphatic carbocycles. The second-order valence-electron chi connectivity index (χ2n) is 20.1. The van der Waals surface area contributed by atoms with Gasteiger partial charge in [0.25, 0.3) is 0 Å². The van der Waals surface area contributed by atoms with Crippen molar-refractivity contribution in [3.05, 3.63) is 152 Å². The van der Waals surface area contributed by atoms with Crippen molar-refractivity contribution >= 4 is 66.2 Å². The van der Waals surface area contributed by atoms with E-state index in [-0.39, 0.29) is 98.6 Å². The SMILES string of the molecule is Cc1c(COc2cc(OCc3cncc(N4CCS(=O)(=O)CC4)c3)c(CNC(CCO)C(=O)O)cc2Cl)cccc1-c1cccc(COc2cc(OCc3cncc(N4CCS(=O)(=O)CC4)c3)c(CNC(CCO)C(=O)O)cc2Cl)c1C. The number of hydrogen-bond donors (Lipinski definition) is 6. The second-order valence-corrected chi connectivity index (χ2v) is 25.5. The van der Waals surface area contributed by atoms with Gasteiger partial charge in [0.15, 0.2) is 19.7 Å². The molecule has 2 aromatic heterocycles. The molecule has 0 spiro atoms. The Morgan fingerprint density at radius 2 is 0.927 bits per heavy atom. The zero-order valence-electron chi connectivity index (χ0n) is 45.4. The smallest absolute Gasteiger partial charge is 0.320 e. The quantitative estimate of drug-likeness (QED) is 0.0313. The van der Waals surface area contributed by atoms with Crippen LogP contribution in [0.3, 0.4) is 0 Å². The van der Waals surface area contributed by atoms with Crippen LogP contribution < -0.4 is 39.4 Å². The average molecular weight is 1210 g/mol. The lowest BCUT2D eigenvalue weighted by molar-refractivity contribution is -0.140. The third-order valence-electron chi connectivity index (χ3n) is 14.5. The number of rotatable bonds is 27. The number of halogens is 2. The molecule has 2 aliphatic heterocycles. The van der Waals surface area contributed by atoms with Gasteiger partial charge in [-0.05, 0) is 84.3 Å². The molecule has 2 atom stereocenters. The van der Waals surface area contributed by atoms with Gasteiger partial charge in [-0.25, -0.2) is 16.8 Å². The van der Waals surface area contributed by atoms with Crippen LogP contribution in [0.4, 0.5) is 11.4 Å². The average Bonchev–Trinajstić information content (AvgIpc) is 3.59. The van der Waals surface area contributed by atoms with E-state index in [1.807, 2.05) is 72.2 Å². The van der Waals surface area contributed by atoms with Crippen LogP contribution in [-0.4, -0.2) is 134 Å². The summed E-state index contributed by atoms with van der Waals surface area (Å²) in [5, 5.41) is 45.0. The molecule has 2 saturated heterocycles. The van der Waals surface area contributed by atoms with Crippen LogP contribution in [0.2, 0.25) is 10.0 Å². The summed E-state index contributed by atoms with van der Waals surface area (Å²) in [5.74, 6) is -0.667. The number of anilines is 2. The predicted octanol–water partition coefficient (Wildman–Crippen LogP) is 6.70. The number of hydrogen-bond acceptors (Lipinski definition) is 18. The molecule has 8 rings (SSSR count). The van der Waals surface area contributed by atoms with Crippen molar-refractivity contribution in [2.75, 3.05) is 72.2 Å². The topological polar surface area (TPSA) is 277 Å². The van der Waals surface area contributed by atoms with E-state index < -0.39 is 43.7 Å². The third-order valence-corrected chi connectivity index (χ3v) is 18.3. The maximum Gasteiger partial charge on any atom is 0.320 e. The number of sulfone groups is 2. The summed E-state index contributed by atoms with van der Waals surface area (Å²) in [6.45, 7) is 5.18. The van der Waals surface area contributed by atoms with Crippen LogP contribution in [0, 0.1) is 13.8 Å². The molecule has 0 bridgehead atoms. The summed E-state index contributed by atoms with van der Waals surface area (Å²) >= 11 is 13.8. The number of aliphatic hydroxyl groups excluding tert-OH is 2. The van der Waals surface area contributed by atoms with Gasteiger partial charge < -0.3 is 59.8 Å². The first-order valence-electron chi connectivity index (χ1n) is 26.6. The van der Waals surface area contributed by atoms with Crippen molar-refractivity contribution in [2.24, 2.45) is 0 Å². The van der Waals surface area contributed by atoms with Gasteiger partial charge in [-0.15, -0.1) is 0 Å². The summed E-state index contributed by atoms with van der Waals surface area (Å²) in [5.41, 5.74) is 9.57. The van der Waals surface area contributed by atoms with Crippen LogP contribution in [0.15, 0.2) is 97.6 Å². The lowest BCUT2D eigenvalue weighted by Crippen LogP contribution is -2.40. The molecule has 438 valence electrons. The summed E-state index contributed by atoms with van der Waals surface area (Å²) in [6, 6.07) is 20.2. The number of ether oxygens (including phenoxy) is 4. The summed E-state index contributed by atoms with van der Waals surface area (Å²) in [6.07, 6.45) is 6.63.